The summed E-state index contributed by atoms with van der Waals surface area (Å²) in [5, 5.41) is 6.10. The molecular formula is C20H24N4O2S2. The molecule has 2 aromatic carbocycles. The molecule has 0 unspecified atom stereocenters. The molecule has 6 nitrogen and oxygen atoms in total. The van der Waals surface area contributed by atoms with Gasteiger partial charge in [0, 0.05) is 12.1 Å². The fraction of sp³-hybridized carbons (Fsp3) is 0.250. The summed E-state index contributed by atoms with van der Waals surface area (Å²) in [6, 6.07) is 17.9. The Morgan fingerprint density at radius 1 is 1.00 bits per heavy atom. The Hall–Kier alpha value is -2.58. The lowest BCUT2D eigenvalue weighted by Gasteiger charge is -2.19. The van der Waals surface area contributed by atoms with Crippen LogP contribution in [-0.2, 0) is 11.3 Å². The highest BCUT2D eigenvalue weighted by molar-refractivity contribution is 7.98. The number of hydrogen-bond acceptors (Lipinski definition) is 4. The van der Waals surface area contributed by atoms with Gasteiger partial charge in [-0.2, -0.15) is 11.8 Å². The summed E-state index contributed by atoms with van der Waals surface area (Å²) in [7, 11) is 0. The van der Waals surface area contributed by atoms with E-state index in [1.165, 1.54) is 0 Å². The molecule has 4 N–H and O–H groups in total. The molecule has 28 heavy (non-hydrogen) atoms. The van der Waals surface area contributed by atoms with Crippen LogP contribution in [0, 0.1) is 0 Å². The highest BCUT2D eigenvalue weighted by Crippen LogP contribution is 2.04. The lowest BCUT2D eigenvalue weighted by molar-refractivity contribution is -0.123. The van der Waals surface area contributed by atoms with Crippen LogP contribution < -0.4 is 21.5 Å². The Morgan fingerprint density at radius 3 is 2.29 bits per heavy atom. The van der Waals surface area contributed by atoms with Crippen LogP contribution in [0.15, 0.2) is 60.7 Å². The van der Waals surface area contributed by atoms with E-state index in [1.807, 2.05) is 42.7 Å². The largest absolute Gasteiger partial charge is 0.357 e. The second-order valence-corrected chi connectivity index (χ2v) is 7.35. The van der Waals surface area contributed by atoms with Crippen molar-refractivity contribution in [3.63, 3.8) is 0 Å². The van der Waals surface area contributed by atoms with Gasteiger partial charge in [0.05, 0.1) is 0 Å². The van der Waals surface area contributed by atoms with Gasteiger partial charge in [-0.25, -0.2) is 0 Å². The zero-order valence-electron chi connectivity index (χ0n) is 15.6. The average Bonchev–Trinajstić information content (AvgIpc) is 2.74. The van der Waals surface area contributed by atoms with Gasteiger partial charge in [-0.15, -0.1) is 0 Å². The van der Waals surface area contributed by atoms with E-state index in [1.54, 1.807) is 36.0 Å². The number of nitrogens with one attached hydrogen (secondary N) is 4. The highest BCUT2D eigenvalue weighted by Gasteiger charge is 2.21. The first-order chi connectivity index (χ1) is 13.6. The molecule has 1 atom stereocenters. The van der Waals surface area contributed by atoms with Crippen LogP contribution in [0.25, 0.3) is 0 Å². The van der Waals surface area contributed by atoms with Crippen LogP contribution in [0.1, 0.15) is 22.3 Å². The standard InChI is InChI=1S/C20H24N4O2S2/c1-28-13-12-17(22-18(25)16-10-6-3-7-11-16)19(26)23-24-20(27)21-14-15-8-4-2-5-9-15/h2-11,17H,12-14H2,1H3,(H,22,25)(H,23,26)(H2,21,24,27)/t17-/m0/s1. The first-order valence-electron chi connectivity index (χ1n) is 8.82. The summed E-state index contributed by atoms with van der Waals surface area (Å²) in [4.78, 5) is 24.9. The van der Waals surface area contributed by atoms with E-state index in [0.29, 0.717) is 23.6 Å². The van der Waals surface area contributed by atoms with E-state index in [0.717, 1.165) is 11.3 Å². The third-order valence-electron chi connectivity index (χ3n) is 3.86. The van der Waals surface area contributed by atoms with Gasteiger partial charge in [0.2, 0.25) is 0 Å². The van der Waals surface area contributed by atoms with Crippen LogP contribution in [0.4, 0.5) is 0 Å². The second kappa shape index (κ2) is 12.0. The smallest absolute Gasteiger partial charge is 0.260 e. The quantitative estimate of drug-likeness (QED) is 0.390. The minimum atomic E-state index is -0.662. The molecule has 8 heteroatoms. The number of thiocarbonyl (C=S) groups is 1. The van der Waals surface area contributed by atoms with Crippen LogP contribution in [0.2, 0.25) is 0 Å². The van der Waals surface area contributed by atoms with E-state index in [4.69, 9.17) is 12.2 Å². The SMILES string of the molecule is CSCC[C@H](NC(=O)c1ccccc1)C(=O)NNC(=S)NCc1ccccc1. The number of rotatable bonds is 8. The van der Waals surface area contributed by atoms with Crippen LogP contribution in [0.5, 0.6) is 0 Å². The molecule has 0 radical (unpaired) electrons. The van der Waals surface area contributed by atoms with Crippen molar-refractivity contribution >= 4 is 40.9 Å². The van der Waals surface area contributed by atoms with Crippen molar-refractivity contribution < 1.29 is 9.59 Å². The van der Waals surface area contributed by atoms with E-state index in [-0.39, 0.29) is 11.8 Å². The van der Waals surface area contributed by atoms with Gasteiger partial charge in [0.25, 0.3) is 11.8 Å². The third kappa shape index (κ3) is 7.58. The monoisotopic (exact) mass is 416 g/mol. The summed E-state index contributed by atoms with van der Waals surface area (Å²) in [5.41, 5.74) is 6.84. The number of benzene rings is 2. The maximum Gasteiger partial charge on any atom is 0.260 e. The highest BCUT2D eigenvalue weighted by atomic mass is 32.2. The molecule has 0 saturated carbocycles. The molecule has 0 aromatic heterocycles. The first kappa shape index (κ1) is 21.7. The maximum absolute atomic E-state index is 12.5. The summed E-state index contributed by atoms with van der Waals surface area (Å²) in [5.74, 6) is 0.109. The Morgan fingerprint density at radius 2 is 1.64 bits per heavy atom. The van der Waals surface area contributed by atoms with Gasteiger partial charge in [-0.05, 0) is 48.3 Å². The van der Waals surface area contributed by atoms with E-state index < -0.39 is 6.04 Å². The predicted molar refractivity (Wildman–Crippen MR) is 118 cm³/mol. The molecule has 0 saturated heterocycles. The fourth-order valence-corrected chi connectivity index (χ4v) is 2.96. The normalized spacial score (nSPS) is 11.2. The average molecular weight is 417 g/mol. The number of hydrazine groups is 1. The van der Waals surface area contributed by atoms with Crippen molar-refractivity contribution in [3.8, 4) is 0 Å². The maximum atomic E-state index is 12.5. The Kier molecular flexibility index (Phi) is 9.30. The van der Waals surface area contributed by atoms with Crippen molar-refractivity contribution in [1.82, 2.24) is 21.5 Å². The zero-order valence-corrected chi connectivity index (χ0v) is 17.2. The van der Waals surface area contributed by atoms with Gasteiger partial charge in [-0.1, -0.05) is 48.5 Å². The number of amides is 2. The number of carbonyl (C=O) groups is 2. The van der Waals surface area contributed by atoms with Crippen LogP contribution >= 0.6 is 24.0 Å². The van der Waals surface area contributed by atoms with Gasteiger partial charge >= 0.3 is 0 Å². The minimum Gasteiger partial charge on any atom is -0.357 e. The summed E-state index contributed by atoms with van der Waals surface area (Å²) < 4.78 is 0. The molecule has 0 spiro atoms. The van der Waals surface area contributed by atoms with Crippen LogP contribution in [-0.4, -0.2) is 35.0 Å². The van der Waals surface area contributed by atoms with E-state index >= 15 is 0 Å². The van der Waals surface area contributed by atoms with E-state index in [9.17, 15) is 9.59 Å². The van der Waals surface area contributed by atoms with Crippen molar-refractivity contribution in [2.45, 2.75) is 19.0 Å². The van der Waals surface area contributed by atoms with Crippen molar-refractivity contribution in [2.24, 2.45) is 0 Å². The summed E-state index contributed by atoms with van der Waals surface area (Å²) in [6.07, 6.45) is 2.46. The number of carbonyl (C=O) groups excluding carboxylic acids is 2. The Labute approximate surface area is 174 Å². The molecule has 2 amide bonds. The van der Waals surface area contributed by atoms with Gasteiger partial charge in [-0.3, -0.25) is 20.4 Å². The minimum absolute atomic E-state index is 0.286. The van der Waals surface area contributed by atoms with Gasteiger partial charge < -0.3 is 10.6 Å². The molecule has 2 rings (SSSR count). The lowest BCUT2D eigenvalue weighted by Crippen LogP contribution is -2.54. The first-order valence-corrected chi connectivity index (χ1v) is 10.6. The van der Waals surface area contributed by atoms with Crippen molar-refractivity contribution in [2.75, 3.05) is 12.0 Å². The molecule has 0 aliphatic heterocycles. The third-order valence-corrected chi connectivity index (χ3v) is 4.75. The lowest BCUT2D eigenvalue weighted by atomic mass is 10.1. The molecule has 0 fully saturated rings. The van der Waals surface area contributed by atoms with Crippen molar-refractivity contribution in [1.29, 1.82) is 0 Å². The van der Waals surface area contributed by atoms with Crippen LogP contribution in [0.3, 0.4) is 0 Å². The molecule has 0 bridgehead atoms. The predicted octanol–water partition coefficient (Wildman–Crippen LogP) is 2.23. The van der Waals surface area contributed by atoms with E-state index in [2.05, 4.69) is 21.5 Å². The topological polar surface area (TPSA) is 82.3 Å². The Bertz CT molecular complexity index is 772. The Balaban J connectivity index is 1.84. The fourth-order valence-electron chi connectivity index (χ4n) is 2.36. The molecule has 2 aromatic rings. The number of hydrogen-bond donors (Lipinski definition) is 4. The molecule has 0 aliphatic rings. The van der Waals surface area contributed by atoms with Crippen molar-refractivity contribution in [3.05, 3.63) is 71.8 Å². The van der Waals surface area contributed by atoms with Gasteiger partial charge in [0.1, 0.15) is 6.04 Å². The number of thioether (sulfide) groups is 1. The molecule has 0 aliphatic carbocycles. The summed E-state index contributed by atoms with van der Waals surface area (Å²) >= 11 is 6.79. The molecular weight excluding hydrogens is 392 g/mol. The zero-order chi connectivity index (χ0) is 20.2. The molecule has 0 heterocycles. The molecule has 148 valence electrons. The second-order valence-electron chi connectivity index (χ2n) is 5.96. The van der Waals surface area contributed by atoms with Gasteiger partial charge in [0.15, 0.2) is 5.11 Å². The summed E-state index contributed by atoms with van der Waals surface area (Å²) in [6.45, 7) is 0.545.